The van der Waals surface area contributed by atoms with E-state index in [1.165, 1.54) is 50.5 Å². The number of allylic oxidation sites excluding steroid dienone is 5. The molecule has 3 saturated carbocycles. The average Bonchev–Trinajstić information content (AvgIpc) is 2.74. The van der Waals surface area contributed by atoms with Crippen LogP contribution in [0.3, 0.4) is 0 Å². The fourth-order valence-electron chi connectivity index (χ4n) is 6.10. The van der Waals surface area contributed by atoms with Gasteiger partial charge in [0.25, 0.3) is 0 Å². The molecule has 0 aromatic carbocycles. The van der Waals surface area contributed by atoms with Gasteiger partial charge in [0, 0.05) is 0 Å². The molecule has 3 fully saturated rings. The number of fused-ring (bicyclic) bond motifs is 5. The molecule has 0 heteroatoms. The first kappa shape index (κ1) is 12.9. The molecule has 0 amide bonds. The molecule has 108 valence electrons. The average molecular weight is 268 g/mol. The van der Waals surface area contributed by atoms with Crippen LogP contribution >= 0.6 is 0 Å². The number of hydrogen-bond acceptors (Lipinski definition) is 0. The fourth-order valence-corrected chi connectivity index (χ4v) is 6.10. The maximum atomic E-state index is 4.42. The zero-order chi connectivity index (χ0) is 13.9. The van der Waals surface area contributed by atoms with Gasteiger partial charge < -0.3 is 0 Å². The summed E-state index contributed by atoms with van der Waals surface area (Å²) in [7, 11) is 0. The minimum absolute atomic E-state index is 0.489. The van der Waals surface area contributed by atoms with Gasteiger partial charge in [0.15, 0.2) is 0 Å². The summed E-state index contributed by atoms with van der Waals surface area (Å²) >= 11 is 0. The maximum absolute atomic E-state index is 4.42. The van der Waals surface area contributed by atoms with E-state index in [0.29, 0.717) is 5.41 Å². The van der Waals surface area contributed by atoms with Crippen molar-refractivity contribution in [2.24, 2.45) is 29.1 Å². The Labute approximate surface area is 124 Å². The molecule has 4 aliphatic carbocycles. The normalized spacial score (nSPS) is 47.0. The van der Waals surface area contributed by atoms with E-state index in [1.807, 2.05) is 0 Å². The molecular formula is C20H28. The van der Waals surface area contributed by atoms with Crippen LogP contribution in [0.2, 0.25) is 0 Å². The van der Waals surface area contributed by atoms with Crippen LogP contribution in [-0.2, 0) is 0 Å². The summed E-state index contributed by atoms with van der Waals surface area (Å²) in [5.74, 6) is 3.79. The lowest BCUT2D eigenvalue weighted by Gasteiger charge is -2.52. The third-order valence-electron chi connectivity index (χ3n) is 7.31. The van der Waals surface area contributed by atoms with Gasteiger partial charge in [-0.2, -0.15) is 0 Å². The van der Waals surface area contributed by atoms with Gasteiger partial charge in [-0.05, 0) is 81.0 Å². The molecule has 4 aliphatic rings. The molecule has 0 N–H and O–H groups in total. The van der Waals surface area contributed by atoms with Crippen molar-refractivity contribution >= 4 is 0 Å². The van der Waals surface area contributed by atoms with Crippen molar-refractivity contribution in [3.8, 4) is 0 Å². The van der Waals surface area contributed by atoms with E-state index in [4.69, 9.17) is 0 Å². The first-order valence-electron chi connectivity index (χ1n) is 8.65. The predicted octanol–water partition coefficient (Wildman–Crippen LogP) is 5.67. The Bertz CT molecular complexity index is 506. The lowest BCUT2D eigenvalue weighted by atomic mass is 9.52. The van der Waals surface area contributed by atoms with E-state index in [0.717, 1.165) is 23.7 Å². The minimum Gasteiger partial charge on any atom is -0.0993 e. The topological polar surface area (TPSA) is 0 Å². The molecule has 0 saturated heterocycles. The summed E-state index contributed by atoms with van der Waals surface area (Å²) < 4.78 is 0. The Morgan fingerprint density at radius 3 is 2.85 bits per heavy atom. The Balaban J connectivity index is 1.64. The van der Waals surface area contributed by atoms with E-state index in [1.54, 1.807) is 11.1 Å². The molecule has 0 heterocycles. The first-order valence-corrected chi connectivity index (χ1v) is 8.65. The molecule has 4 rings (SSSR count). The van der Waals surface area contributed by atoms with Crippen molar-refractivity contribution < 1.29 is 0 Å². The fraction of sp³-hybridized carbons (Fsp3) is 0.700. The van der Waals surface area contributed by atoms with Gasteiger partial charge in [0.05, 0.1) is 0 Å². The van der Waals surface area contributed by atoms with Gasteiger partial charge in [-0.1, -0.05) is 42.4 Å². The molecule has 0 radical (unpaired) electrons. The van der Waals surface area contributed by atoms with E-state index in [-0.39, 0.29) is 0 Å². The first-order chi connectivity index (χ1) is 9.59. The van der Waals surface area contributed by atoms with E-state index < -0.39 is 0 Å². The zero-order valence-electron chi connectivity index (χ0n) is 13.1. The van der Waals surface area contributed by atoms with Gasteiger partial charge in [0.1, 0.15) is 0 Å². The molecule has 5 atom stereocenters. The van der Waals surface area contributed by atoms with Crippen molar-refractivity contribution in [1.29, 1.82) is 0 Å². The maximum Gasteiger partial charge on any atom is -0.00879 e. The van der Waals surface area contributed by atoms with Gasteiger partial charge in [-0.25, -0.2) is 0 Å². The summed E-state index contributed by atoms with van der Waals surface area (Å²) in [6.07, 6.45) is 14.7. The summed E-state index contributed by atoms with van der Waals surface area (Å²) in [6, 6.07) is 0. The molecular weight excluding hydrogens is 240 g/mol. The van der Waals surface area contributed by atoms with Crippen molar-refractivity contribution in [3.05, 3.63) is 35.5 Å². The molecule has 0 aromatic heterocycles. The molecule has 5 unspecified atom stereocenters. The van der Waals surface area contributed by atoms with Crippen LogP contribution < -0.4 is 0 Å². The molecule has 0 aromatic rings. The Morgan fingerprint density at radius 1 is 1.15 bits per heavy atom. The zero-order valence-corrected chi connectivity index (χ0v) is 13.1. The third kappa shape index (κ3) is 1.66. The standard InChI is InChI=1S/C20H28/c1-13-4-7-16-15(12-13)6-8-18-17(16)10-11-20(3)14(2)5-9-19(18)20/h4,12,16-19H,2,5-11H2,1,3H3. The van der Waals surface area contributed by atoms with E-state index >= 15 is 0 Å². The highest BCUT2D eigenvalue weighted by atomic mass is 14.6. The van der Waals surface area contributed by atoms with Crippen LogP contribution in [0.1, 0.15) is 58.8 Å². The monoisotopic (exact) mass is 268 g/mol. The SMILES string of the molecule is C=C1CCC2C3CCC4=CC(C)=CCC4C3CCC12C. The van der Waals surface area contributed by atoms with Crippen molar-refractivity contribution in [2.45, 2.75) is 58.8 Å². The van der Waals surface area contributed by atoms with E-state index in [9.17, 15) is 0 Å². The number of rotatable bonds is 0. The van der Waals surface area contributed by atoms with Gasteiger partial charge in [0.2, 0.25) is 0 Å². The summed E-state index contributed by atoms with van der Waals surface area (Å²) in [4.78, 5) is 0. The van der Waals surface area contributed by atoms with Gasteiger partial charge in [-0.15, -0.1) is 0 Å². The smallest absolute Gasteiger partial charge is 0.00879 e. The number of hydrogen-bond donors (Lipinski definition) is 0. The van der Waals surface area contributed by atoms with E-state index in [2.05, 4.69) is 32.6 Å². The van der Waals surface area contributed by atoms with Crippen LogP contribution in [0, 0.1) is 29.1 Å². The molecule has 0 spiro atoms. The van der Waals surface area contributed by atoms with Gasteiger partial charge in [-0.3, -0.25) is 0 Å². The summed E-state index contributed by atoms with van der Waals surface area (Å²) in [6.45, 7) is 9.22. The molecule has 0 nitrogen and oxygen atoms in total. The third-order valence-corrected chi connectivity index (χ3v) is 7.31. The summed E-state index contributed by atoms with van der Waals surface area (Å²) in [5.41, 5.74) is 5.35. The Hall–Kier alpha value is -0.780. The lowest BCUT2D eigenvalue weighted by molar-refractivity contribution is 0.0174. The highest BCUT2D eigenvalue weighted by molar-refractivity contribution is 5.31. The minimum atomic E-state index is 0.489. The second-order valence-corrected chi connectivity index (χ2v) is 8.08. The lowest BCUT2D eigenvalue weighted by Crippen LogP contribution is -2.44. The van der Waals surface area contributed by atoms with Crippen LogP contribution in [0.25, 0.3) is 0 Å². The molecule has 0 aliphatic heterocycles. The second-order valence-electron chi connectivity index (χ2n) is 8.08. The van der Waals surface area contributed by atoms with Crippen LogP contribution in [0.5, 0.6) is 0 Å². The van der Waals surface area contributed by atoms with Gasteiger partial charge >= 0.3 is 0 Å². The highest BCUT2D eigenvalue weighted by Crippen LogP contribution is 2.63. The molecule has 20 heavy (non-hydrogen) atoms. The van der Waals surface area contributed by atoms with Crippen LogP contribution in [0.4, 0.5) is 0 Å². The molecule has 0 bridgehead atoms. The Kier molecular flexibility index (Phi) is 2.81. The van der Waals surface area contributed by atoms with Crippen molar-refractivity contribution in [2.75, 3.05) is 0 Å². The Morgan fingerprint density at radius 2 is 2.00 bits per heavy atom. The predicted molar refractivity (Wildman–Crippen MR) is 85.4 cm³/mol. The highest BCUT2D eigenvalue weighted by Gasteiger charge is 2.53. The quantitative estimate of drug-likeness (QED) is 0.496. The summed E-state index contributed by atoms with van der Waals surface area (Å²) in [5, 5.41) is 0. The second kappa shape index (κ2) is 4.36. The largest absolute Gasteiger partial charge is 0.0993 e. The van der Waals surface area contributed by atoms with Crippen molar-refractivity contribution in [3.63, 3.8) is 0 Å². The van der Waals surface area contributed by atoms with Crippen molar-refractivity contribution in [1.82, 2.24) is 0 Å². The van der Waals surface area contributed by atoms with Crippen LogP contribution in [0.15, 0.2) is 35.5 Å². The van der Waals surface area contributed by atoms with Crippen LogP contribution in [-0.4, -0.2) is 0 Å².